The highest BCUT2D eigenvalue weighted by molar-refractivity contribution is 5.94. The lowest BCUT2D eigenvalue weighted by atomic mass is 9.67. The minimum Gasteiger partial charge on any atom is -0.355 e. The van der Waals surface area contributed by atoms with Gasteiger partial charge in [0.05, 0.1) is 11.6 Å². The van der Waals surface area contributed by atoms with Crippen molar-refractivity contribution >= 4 is 17.5 Å². The van der Waals surface area contributed by atoms with Gasteiger partial charge in [-0.2, -0.15) is 0 Å². The third kappa shape index (κ3) is 6.48. The quantitative estimate of drug-likeness (QED) is 0.411. The molecule has 0 aromatic carbocycles. The third-order valence-electron chi connectivity index (χ3n) is 10.8. The summed E-state index contributed by atoms with van der Waals surface area (Å²) in [5, 5.41) is 10.9. The third-order valence-corrected chi connectivity index (χ3v) is 10.8. The van der Waals surface area contributed by atoms with Gasteiger partial charge in [-0.05, 0) is 87.9 Å². The average molecular weight is 563 g/mol. The number of unbranched alkanes of at least 4 members (excludes halogenated alkanes) is 1. The van der Waals surface area contributed by atoms with Crippen molar-refractivity contribution in [2.45, 2.75) is 101 Å². The largest absolute Gasteiger partial charge is 0.355 e. The maximum atomic E-state index is 13.2. The number of piperidine rings is 2. The summed E-state index contributed by atoms with van der Waals surface area (Å²) < 4.78 is 1.91. The molecular weight excluding hydrogens is 512 g/mol. The van der Waals surface area contributed by atoms with Crippen molar-refractivity contribution in [1.29, 1.82) is 0 Å². The smallest absolute Gasteiger partial charge is 0.255 e. The lowest BCUT2D eigenvalue weighted by molar-refractivity contribution is -0.123. The van der Waals surface area contributed by atoms with Crippen LogP contribution in [0.2, 0.25) is 0 Å². The zero-order valence-electron chi connectivity index (χ0n) is 24.8. The Morgan fingerprint density at radius 3 is 2.63 bits per heavy atom. The van der Waals surface area contributed by atoms with Gasteiger partial charge in [-0.25, -0.2) is 4.98 Å². The summed E-state index contributed by atoms with van der Waals surface area (Å²) in [4.78, 5) is 32.5. The van der Waals surface area contributed by atoms with Gasteiger partial charge in [-0.15, -0.1) is 0 Å². The number of nitrogens with zero attached hydrogens (tertiary/aromatic N) is 3. The summed E-state index contributed by atoms with van der Waals surface area (Å²) in [6.45, 7) is 4.55. The summed E-state index contributed by atoms with van der Waals surface area (Å²) in [7, 11) is 0. The zero-order valence-corrected chi connectivity index (χ0v) is 24.8. The Labute approximate surface area is 245 Å². The summed E-state index contributed by atoms with van der Waals surface area (Å²) >= 11 is 0. The molecule has 0 bridgehead atoms. The van der Waals surface area contributed by atoms with Crippen LogP contribution in [0.25, 0.3) is 5.65 Å². The van der Waals surface area contributed by atoms with E-state index in [9.17, 15) is 9.59 Å². The average Bonchev–Trinajstić information content (AvgIpc) is 3.62. The number of pyridine rings is 1. The first-order valence-electron chi connectivity index (χ1n) is 16.6. The van der Waals surface area contributed by atoms with Crippen molar-refractivity contribution in [2.24, 2.45) is 17.8 Å². The van der Waals surface area contributed by atoms with Gasteiger partial charge in [0.25, 0.3) is 5.91 Å². The number of carbonyl (C=O) groups excluding carboxylic acids is 2. The molecule has 4 fully saturated rings. The molecule has 3 saturated heterocycles. The lowest BCUT2D eigenvalue weighted by Gasteiger charge is -2.46. The summed E-state index contributed by atoms with van der Waals surface area (Å²) in [5.41, 5.74) is 1.75. The van der Waals surface area contributed by atoms with Gasteiger partial charge in [0.1, 0.15) is 5.65 Å². The van der Waals surface area contributed by atoms with E-state index in [1.165, 1.54) is 51.4 Å². The predicted octanol–water partition coefficient (Wildman–Crippen LogP) is 4.54. The van der Waals surface area contributed by atoms with Gasteiger partial charge < -0.3 is 19.9 Å². The number of amides is 2. The number of fused-ring (bicyclic) bond motifs is 2. The molecule has 4 aliphatic rings. The number of imidazole rings is 1. The number of rotatable bonds is 8. The number of carbonyl (C=O) groups is 2. The number of hydrogen-bond donors (Lipinski definition) is 3. The number of nitrogens with one attached hydrogen (secondary N) is 3. The Hall–Kier alpha value is -2.45. The van der Waals surface area contributed by atoms with Gasteiger partial charge in [0.2, 0.25) is 5.91 Å². The molecule has 3 N–H and O–H groups in total. The summed E-state index contributed by atoms with van der Waals surface area (Å²) in [6, 6.07) is 3.75. The number of aromatic nitrogens is 2. The fraction of sp³-hybridized carbons (Fsp3) is 0.727. The van der Waals surface area contributed by atoms with Crippen molar-refractivity contribution in [3.8, 4) is 0 Å². The van der Waals surface area contributed by atoms with Crippen LogP contribution in [0.4, 0.5) is 0 Å². The fourth-order valence-corrected chi connectivity index (χ4v) is 8.46. The first-order valence-corrected chi connectivity index (χ1v) is 16.6. The van der Waals surface area contributed by atoms with E-state index in [0.29, 0.717) is 11.8 Å². The Balaban J connectivity index is 0.903. The van der Waals surface area contributed by atoms with Crippen LogP contribution in [0.1, 0.15) is 100 Å². The maximum Gasteiger partial charge on any atom is 0.255 e. The minimum absolute atomic E-state index is 0.0401. The second-order valence-electron chi connectivity index (χ2n) is 13.3. The van der Waals surface area contributed by atoms with Crippen LogP contribution in [-0.4, -0.2) is 70.4 Å². The van der Waals surface area contributed by atoms with Crippen LogP contribution in [0.3, 0.4) is 0 Å². The highest BCUT2D eigenvalue weighted by Crippen LogP contribution is 2.45. The zero-order chi connectivity index (χ0) is 28.1. The first kappa shape index (κ1) is 28.7. The highest BCUT2D eigenvalue weighted by atomic mass is 16.2. The van der Waals surface area contributed by atoms with E-state index in [1.54, 1.807) is 6.20 Å². The van der Waals surface area contributed by atoms with E-state index >= 15 is 0 Å². The molecule has 0 radical (unpaired) electrons. The second kappa shape index (κ2) is 13.2. The molecule has 3 aliphatic heterocycles. The van der Waals surface area contributed by atoms with Crippen LogP contribution >= 0.6 is 0 Å². The van der Waals surface area contributed by atoms with Crippen LogP contribution < -0.4 is 16.0 Å². The molecule has 2 aromatic heterocycles. The highest BCUT2D eigenvalue weighted by Gasteiger charge is 2.53. The molecule has 6 rings (SSSR count). The van der Waals surface area contributed by atoms with Crippen molar-refractivity contribution in [3.63, 3.8) is 0 Å². The van der Waals surface area contributed by atoms with E-state index in [4.69, 9.17) is 0 Å². The van der Waals surface area contributed by atoms with Crippen molar-refractivity contribution in [2.75, 3.05) is 32.7 Å². The van der Waals surface area contributed by atoms with Crippen molar-refractivity contribution in [3.05, 3.63) is 36.3 Å². The van der Waals surface area contributed by atoms with Crippen molar-refractivity contribution < 1.29 is 9.59 Å². The standard InChI is InChI=1S/C33H50N6O2/c40-31(29-22-28-23-34-17-15-33(28,37-29)27-9-4-2-1-3-5-10-27)36-16-7-6-8-25-13-19-38(20-14-25)32(41)26-11-12-30-35-18-21-39(30)24-26/h11-12,18,21,24-25,27-29,34,37H,1-10,13-17,19-20,22-23H2,(H,36,40). The second-order valence-corrected chi connectivity index (χ2v) is 13.3. The van der Waals surface area contributed by atoms with Gasteiger partial charge in [-0.3, -0.25) is 14.9 Å². The van der Waals surface area contributed by atoms with E-state index in [-0.39, 0.29) is 23.4 Å². The van der Waals surface area contributed by atoms with E-state index < -0.39 is 0 Å². The van der Waals surface area contributed by atoms with Gasteiger partial charge in [0.15, 0.2) is 0 Å². The maximum absolute atomic E-state index is 13.2. The van der Waals surface area contributed by atoms with Crippen LogP contribution in [0.5, 0.6) is 0 Å². The fourth-order valence-electron chi connectivity index (χ4n) is 8.46. The molecule has 5 heterocycles. The SMILES string of the molecule is O=C(NCCCCC1CCN(C(=O)c2ccc3nccn3c2)CC1)C1CC2CNCCC2(C2CCCCCCC2)N1. The van der Waals surface area contributed by atoms with Gasteiger partial charge in [-0.1, -0.05) is 44.9 Å². The molecule has 2 amide bonds. The van der Waals surface area contributed by atoms with Crippen LogP contribution in [0, 0.1) is 17.8 Å². The van der Waals surface area contributed by atoms with E-state index in [1.807, 2.05) is 33.8 Å². The lowest BCUT2D eigenvalue weighted by Crippen LogP contribution is -2.60. The molecule has 3 unspecified atom stereocenters. The van der Waals surface area contributed by atoms with Crippen LogP contribution in [0.15, 0.2) is 30.7 Å². The van der Waals surface area contributed by atoms with Gasteiger partial charge in [0, 0.05) is 43.8 Å². The van der Waals surface area contributed by atoms with Crippen LogP contribution in [-0.2, 0) is 4.79 Å². The Kier molecular flexibility index (Phi) is 9.26. The monoisotopic (exact) mass is 562 g/mol. The molecule has 8 nitrogen and oxygen atoms in total. The Morgan fingerprint density at radius 1 is 1.00 bits per heavy atom. The molecule has 1 aliphatic carbocycles. The molecule has 41 heavy (non-hydrogen) atoms. The van der Waals surface area contributed by atoms with E-state index in [0.717, 1.165) is 88.4 Å². The first-order chi connectivity index (χ1) is 20.1. The minimum atomic E-state index is -0.0401. The van der Waals surface area contributed by atoms with Crippen molar-refractivity contribution in [1.82, 2.24) is 30.2 Å². The molecule has 8 heteroatoms. The number of likely N-dealkylation sites (tertiary alicyclic amines) is 1. The summed E-state index contributed by atoms with van der Waals surface area (Å²) in [6.07, 6.45) is 22.6. The Morgan fingerprint density at radius 2 is 1.80 bits per heavy atom. The molecule has 3 atom stereocenters. The molecule has 224 valence electrons. The van der Waals surface area contributed by atoms with E-state index in [2.05, 4.69) is 20.9 Å². The molecule has 2 aromatic rings. The Bertz CT molecular complexity index is 1170. The molecule has 1 saturated carbocycles. The normalized spacial score (nSPS) is 28.2. The summed E-state index contributed by atoms with van der Waals surface area (Å²) in [5.74, 6) is 2.29. The molecule has 0 spiro atoms. The van der Waals surface area contributed by atoms with Gasteiger partial charge >= 0.3 is 0 Å². The topological polar surface area (TPSA) is 90.8 Å². The predicted molar refractivity (Wildman–Crippen MR) is 162 cm³/mol. The molecular formula is C33H50N6O2. The number of hydrogen-bond acceptors (Lipinski definition) is 5.